The van der Waals surface area contributed by atoms with Crippen LogP contribution in [0.25, 0.3) is 0 Å². The van der Waals surface area contributed by atoms with Crippen LogP contribution >= 0.6 is 7.82 Å². The van der Waals surface area contributed by atoms with Crippen molar-refractivity contribution in [3.8, 4) is 0 Å². The molecule has 0 aromatic rings. The quantitative estimate of drug-likeness (QED) is 0.0540. The number of unbranched alkanes of at least 4 members (excludes halogenated alkanes) is 11. The number of allylic oxidation sites excluding steroid dienone is 2. The fraction of sp³-hybridized carbons (Fsp3) is 0.875. The van der Waals surface area contributed by atoms with Gasteiger partial charge in [0.25, 0.3) is 7.82 Å². The third-order valence-corrected chi connectivity index (χ3v) is 6.07. The van der Waals surface area contributed by atoms with Gasteiger partial charge >= 0.3 is 35.5 Å². The number of carbonyl (C=O) groups excluding carboxylic acids is 1. The summed E-state index contributed by atoms with van der Waals surface area (Å²) in [6.45, 7) is -0.105. The molecule has 0 aliphatic rings. The Morgan fingerprint density at radius 3 is 1.86 bits per heavy atom. The van der Waals surface area contributed by atoms with Gasteiger partial charge in [-0.25, -0.2) is 0 Å². The second-order valence-electron chi connectivity index (χ2n) is 8.55. The minimum atomic E-state index is -4.73. The fourth-order valence-corrected chi connectivity index (χ4v) is 3.88. The van der Waals surface area contributed by atoms with E-state index in [2.05, 4.69) is 28.1 Å². The smallest absolute Gasteiger partial charge is 0.756 e. The van der Waals surface area contributed by atoms with Gasteiger partial charge in [0.2, 0.25) is 0 Å². The largest absolute Gasteiger partial charge is 1.00 e. The average molecular weight is 533 g/mol. The second kappa shape index (κ2) is 25.8. The van der Waals surface area contributed by atoms with Gasteiger partial charge in [0.15, 0.2) is 0 Å². The Hall–Kier alpha value is 0.200. The summed E-state index contributed by atoms with van der Waals surface area (Å²) in [7, 11) is -4.73. The van der Waals surface area contributed by atoms with E-state index in [1.807, 2.05) is 0 Å². The number of aliphatic hydroxyl groups excluding tert-OH is 3. The SMILES string of the molecule is CCCCCCCC/C=C\CCCCCCCC(=O)OCC(O)COP(=O)([O-])OCC(O)CO.[Na+]. The van der Waals surface area contributed by atoms with E-state index in [4.69, 9.17) is 14.9 Å². The van der Waals surface area contributed by atoms with Gasteiger partial charge in [-0.15, -0.1) is 0 Å². The summed E-state index contributed by atoms with van der Waals surface area (Å²) in [5, 5.41) is 27.3. The minimum Gasteiger partial charge on any atom is -0.756 e. The normalized spacial score (nSPS) is 14.9. The van der Waals surface area contributed by atoms with Crippen molar-refractivity contribution in [2.75, 3.05) is 26.4 Å². The van der Waals surface area contributed by atoms with E-state index < -0.39 is 45.8 Å². The Labute approximate surface area is 233 Å². The Bertz CT molecular complexity index is 563. The maximum Gasteiger partial charge on any atom is 1.00 e. The summed E-state index contributed by atoms with van der Waals surface area (Å²) in [4.78, 5) is 23.1. The van der Waals surface area contributed by atoms with Gasteiger partial charge in [-0.1, -0.05) is 70.4 Å². The van der Waals surface area contributed by atoms with Crippen LogP contribution in [-0.4, -0.2) is 59.9 Å². The topological polar surface area (TPSA) is 146 Å². The average Bonchev–Trinajstić information content (AvgIpc) is 2.82. The molecule has 3 atom stereocenters. The van der Waals surface area contributed by atoms with Crippen molar-refractivity contribution >= 4 is 13.8 Å². The molecule has 0 fully saturated rings. The van der Waals surface area contributed by atoms with Crippen LogP contribution in [0.2, 0.25) is 0 Å². The molecule has 202 valence electrons. The predicted molar refractivity (Wildman–Crippen MR) is 129 cm³/mol. The molecule has 0 rings (SSSR count). The molecule has 0 aromatic heterocycles. The summed E-state index contributed by atoms with van der Waals surface area (Å²) < 4.78 is 25.1. The Kier molecular flexibility index (Phi) is 27.6. The molecule has 0 aromatic carbocycles. The molecule has 0 saturated heterocycles. The van der Waals surface area contributed by atoms with Gasteiger partial charge in [-0.3, -0.25) is 9.36 Å². The summed E-state index contributed by atoms with van der Waals surface area (Å²) in [6, 6.07) is 0. The molecule has 0 saturated carbocycles. The first-order valence-electron chi connectivity index (χ1n) is 12.7. The molecule has 0 aliphatic carbocycles. The number of phosphoric ester groups is 1. The molecule has 35 heavy (non-hydrogen) atoms. The standard InChI is InChI=1S/C24H47O9P.Na/c1-2-3-4-5-6-7-8-9-10-11-12-13-14-15-16-17-24(28)31-19-23(27)21-33-34(29,30)32-20-22(26)18-25;/h9-10,22-23,25-27H,2-8,11-21H2,1H3,(H,29,30);/q;+1/p-1/b10-9-;. The number of esters is 1. The zero-order valence-corrected chi connectivity index (χ0v) is 24.7. The minimum absolute atomic E-state index is 0. The van der Waals surface area contributed by atoms with E-state index in [1.165, 1.54) is 44.9 Å². The zero-order chi connectivity index (χ0) is 25.5. The van der Waals surface area contributed by atoms with Crippen molar-refractivity contribution in [3.63, 3.8) is 0 Å². The predicted octanol–water partition coefficient (Wildman–Crippen LogP) is 0.787. The van der Waals surface area contributed by atoms with Crippen molar-refractivity contribution in [1.82, 2.24) is 0 Å². The molecule has 11 heteroatoms. The van der Waals surface area contributed by atoms with Crippen LogP contribution in [0.3, 0.4) is 0 Å². The molecular formula is C24H46NaO9P. The molecule has 3 unspecified atom stereocenters. The van der Waals surface area contributed by atoms with Crippen molar-refractivity contribution < 1.29 is 72.9 Å². The summed E-state index contributed by atoms with van der Waals surface area (Å²) in [5.74, 6) is -0.454. The van der Waals surface area contributed by atoms with Crippen LogP contribution in [-0.2, 0) is 23.1 Å². The fourth-order valence-electron chi connectivity index (χ4n) is 3.09. The summed E-state index contributed by atoms with van der Waals surface area (Å²) in [6.07, 6.45) is 17.3. The number of ether oxygens (including phenoxy) is 1. The van der Waals surface area contributed by atoms with E-state index in [0.717, 1.165) is 32.1 Å². The van der Waals surface area contributed by atoms with Gasteiger partial charge in [-0.05, 0) is 32.1 Å². The molecule has 3 N–H and O–H groups in total. The maximum absolute atomic E-state index is 11.7. The van der Waals surface area contributed by atoms with Crippen LogP contribution in [0.15, 0.2) is 12.2 Å². The number of hydrogen-bond donors (Lipinski definition) is 3. The van der Waals surface area contributed by atoms with Crippen molar-refractivity contribution in [2.24, 2.45) is 0 Å². The van der Waals surface area contributed by atoms with E-state index in [0.29, 0.717) is 6.42 Å². The number of hydrogen-bond acceptors (Lipinski definition) is 9. The van der Waals surface area contributed by atoms with Gasteiger partial charge in [0, 0.05) is 6.42 Å². The Morgan fingerprint density at radius 1 is 0.829 bits per heavy atom. The summed E-state index contributed by atoms with van der Waals surface area (Å²) >= 11 is 0. The van der Waals surface area contributed by atoms with Gasteiger partial charge in [0.05, 0.1) is 19.8 Å². The van der Waals surface area contributed by atoms with Gasteiger partial charge < -0.3 is 34.0 Å². The molecule has 9 nitrogen and oxygen atoms in total. The van der Waals surface area contributed by atoms with Crippen molar-refractivity contribution in [1.29, 1.82) is 0 Å². The van der Waals surface area contributed by atoms with Crippen LogP contribution in [0, 0.1) is 0 Å². The van der Waals surface area contributed by atoms with Crippen LogP contribution in [0.1, 0.15) is 96.8 Å². The first-order chi connectivity index (χ1) is 16.3. The van der Waals surface area contributed by atoms with E-state index in [9.17, 15) is 19.4 Å². The van der Waals surface area contributed by atoms with Crippen LogP contribution < -0.4 is 34.5 Å². The Morgan fingerprint density at radius 2 is 1.31 bits per heavy atom. The molecule has 0 bridgehead atoms. The number of phosphoric acid groups is 1. The van der Waals surface area contributed by atoms with Crippen LogP contribution in [0.4, 0.5) is 0 Å². The van der Waals surface area contributed by atoms with E-state index >= 15 is 0 Å². The third kappa shape index (κ3) is 27.1. The molecule has 0 radical (unpaired) electrons. The van der Waals surface area contributed by atoms with E-state index in [1.54, 1.807) is 0 Å². The second-order valence-corrected chi connectivity index (χ2v) is 9.96. The van der Waals surface area contributed by atoms with Crippen molar-refractivity contribution in [3.05, 3.63) is 12.2 Å². The molecular weight excluding hydrogens is 486 g/mol. The molecule has 0 aliphatic heterocycles. The Balaban J connectivity index is 0. The monoisotopic (exact) mass is 532 g/mol. The number of aliphatic hydroxyl groups is 3. The summed E-state index contributed by atoms with van der Waals surface area (Å²) in [5.41, 5.74) is 0. The van der Waals surface area contributed by atoms with Gasteiger partial charge in [-0.2, -0.15) is 0 Å². The maximum atomic E-state index is 11.7. The number of rotatable bonds is 24. The molecule has 0 spiro atoms. The molecule has 0 heterocycles. The van der Waals surface area contributed by atoms with Crippen LogP contribution in [0.5, 0.6) is 0 Å². The zero-order valence-electron chi connectivity index (χ0n) is 21.8. The van der Waals surface area contributed by atoms with Crippen molar-refractivity contribution in [2.45, 2.75) is 109 Å². The molecule has 0 amide bonds. The third-order valence-electron chi connectivity index (χ3n) is 5.14. The first kappa shape index (κ1) is 37.4. The van der Waals surface area contributed by atoms with E-state index in [-0.39, 0.29) is 42.6 Å². The van der Waals surface area contributed by atoms with Gasteiger partial charge in [0.1, 0.15) is 18.8 Å². The first-order valence-corrected chi connectivity index (χ1v) is 14.1. The number of carbonyl (C=O) groups is 1.